The number of hydrogen-bond donors (Lipinski definition) is 1. The van der Waals surface area contributed by atoms with E-state index in [1.165, 1.54) is 4.31 Å². The van der Waals surface area contributed by atoms with Crippen LogP contribution in [0.25, 0.3) is 0 Å². The second kappa shape index (κ2) is 9.32. The Balaban J connectivity index is 1.48. The first-order valence-corrected chi connectivity index (χ1v) is 10.9. The lowest BCUT2D eigenvalue weighted by Gasteiger charge is -2.31. The molecule has 2 aromatic rings. The van der Waals surface area contributed by atoms with Gasteiger partial charge < -0.3 is 10.1 Å². The van der Waals surface area contributed by atoms with E-state index < -0.39 is 10.0 Å². The fourth-order valence-corrected chi connectivity index (χ4v) is 4.84. The molecule has 0 spiro atoms. The molecule has 1 heterocycles. The maximum atomic E-state index is 12.7. The number of rotatable bonds is 7. The normalized spacial score (nSPS) is 16.0. The summed E-state index contributed by atoms with van der Waals surface area (Å²) in [5.41, 5.74) is 1.63. The highest BCUT2D eigenvalue weighted by atomic mass is 32.2. The van der Waals surface area contributed by atoms with Crippen molar-refractivity contribution in [2.24, 2.45) is 5.92 Å². The van der Waals surface area contributed by atoms with E-state index >= 15 is 0 Å². The number of sulfonamides is 1. The van der Waals surface area contributed by atoms with Crippen LogP contribution in [0.1, 0.15) is 28.8 Å². The molecule has 1 N–H and O–H groups in total. The van der Waals surface area contributed by atoms with Crippen LogP contribution in [-0.2, 0) is 21.4 Å². The summed E-state index contributed by atoms with van der Waals surface area (Å²) >= 11 is 0. The molecule has 0 unspecified atom stereocenters. The number of nitrogens with one attached hydrogen (secondary N) is 1. The third kappa shape index (κ3) is 4.98. The molecule has 0 aromatic heterocycles. The molecule has 2 aromatic carbocycles. The quantitative estimate of drug-likeness (QED) is 0.773. The van der Waals surface area contributed by atoms with Gasteiger partial charge in [-0.15, -0.1) is 0 Å². The number of carbonyl (C=O) groups excluding carboxylic acids is 1. The van der Waals surface area contributed by atoms with E-state index in [0.717, 1.165) is 18.4 Å². The third-order valence-electron chi connectivity index (χ3n) is 5.03. The number of ether oxygens (including phenoxy) is 1. The van der Waals surface area contributed by atoms with E-state index in [1.54, 1.807) is 49.6 Å². The van der Waals surface area contributed by atoms with Crippen LogP contribution in [0.5, 0.6) is 0 Å². The monoisotopic (exact) mass is 402 g/mol. The van der Waals surface area contributed by atoms with Crippen molar-refractivity contribution in [2.45, 2.75) is 24.3 Å². The molecule has 0 bridgehead atoms. The van der Waals surface area contributed by atoms with Gasteiger partial charge in [0.05, 0.1) is 11.5 Å². The van der Waals surface area contributed by atoms with Crippen molar-refractivity contribution in [3.63, 3.8) is 0 Å². The Kier molecular flexibility index (Phi) is 6.83. The molecule has 1 aliphatic rings. The van der Waals surface area contributed by atoms with E-state index in [-0.39, 0.29) is 11.8 Å². The molecule has 7 heteroatoms. The fourth-order valence-electron chi connectivity index (χ4n) is 3.35. The standard InChI is InChI=1S/C21H26N2O4S/c1-27-16-18-7-9-19(10-8-18)21(24)22-15-17-11-13-23(14-12-17)28(25,26)20-5-3-2-4-6-20/h2-10,17H,11-16H2,1H3,(H,22,24). The Hall–Kier alpha value is -2.22. The summed E-state index contributed by atoms with van der Waals surface area (Å²) in [5, 5.41) is 2.97. The van der Waals surface area contributed by atoms with Crippen LogP contribution in [0, 0.1) is 5.92 Å². The number of methoxy groups -OCH3 is 1. The molecule has 150 valence electrons. The molecule has 0 radical (unpaired) electrons. The number of piperidine rings is 1. The lowest BCUT2D eigenvalue weighted by atomic mass is 9.98. The summed E-state index contributed by atoms with van der Waals surface area (Å²) in [6.07, 6.45) is 1.47. The summed E-state index contributed by atoms with van der Waals surface area (Å²) in [6, 6.07) is 15.9. The van der Waals surface area contributed by atoms with E-state index in [2.05, 4.69) is 5.32 Å². The van der Waals surface area contributed by atoms with Crippen LogP contribution in [0.15, 0.2) is 59.5 Å². The van der Waals surface area contributed by atoms with Crippen LogP contribution in [0.4, 0.5) is 0 Å². The van der Waals surface area contributed by atoms with Crippen LogP contribution < -0.4 is 5.32 Å². The molecule has 0 saturated carbocycles. The van der Waals surface area contributed by atoms with Gasteiger partial charge in [0.25, 0.3) is 5.91 Å². The van der Waals surface area contributed by atoms with Crippen molar-refractivity contribution in [1.82, 2.24) is 9.62 Å². The zero-order valence-corrected chi connectivity index (χ0v) is 16.8. The largest absolute Gasteiger partial charge is 0.380 e. The topological polar surface area (TPSA) is 75.7 Å². The number of benzene rings is 2. The molecule has 6 nitrogen and oxygen atoms in total. The SMILES string of the molecule is COCc1ccc(C(=O)NCC2CCN(S(=O)(=O)c3ccccc3)CC2)cc1. The molecule has 1 fully saturated rings. The Bertz CT molecular complexity index is 874. The van der Waals surface area contributed by atoms with Gasteiger partial charge in [0.2, 0.25) is 10.0 Å². The van der Waals surface area contributed by atoms with E-state index in [4.69, 9.17) is 4.74 Å². The van der Waals surface area contributed by atoms with Crippen LogP contribution in [0.2, 0.25) is 0 Å². The van der Waals surface area contributed by atoms with Gasteiger partial charge in [-0.3, -0.25) is 4.79 Å². The molecule has 28 heavy (non-hydrogen) atoms. The van der Waals surface area contributed by atoms with Crippen molar-refractivity contribution in [2.75, 3.05) is 26.7 Å². The maximum absolute atomic E-state index is 12.7. The average Bonchev–Trinajstić information content (AvgIpc) is 2.74. The Morgan fingerprint density at radius 1 is 1.07 bits per heavy atom. The number of hydrogen-bond acceptors (Lipinski definition) is 4. The van der Waals surface area contributed by atoms with Gasteiger partial charge in [0.1, 0.15) is 0 Å². The second-order valence-electron chi connectivity index (χ2n) is 7.00. The second-order valence-corrected chi connectivity index (χ2v) is 8.94. The predicted octanol–water partition coefficient (Wildman–Crippen LogP) is 2.66. The average molecular weight is 403 g/mol. The highest BCUT2D eigenvalue weighted by Gasteiger charge is 2.29. The number of amides is 1. The zero-order chi connectivity index (χ0) is 20.0. The van der Waals surface area contributed by atoms with Crippen molar-refractivity contribution in [3.8, 4) is 0 Å². The zero-order valence-electron chi connectivity index (χ0n) is 16.0. The van der Waals surface area contributed by atoms with Crippen molar-refractivity contribution < 1.29 is 17.9 Å². The molecule has 0 aliphatic carbocycles. The first-order chi connectivity index (χ1) is 13.5. The molecular formula is C21H26N2O4S. The van der Waals surface area contributed by atoms with Gasteiger partial charge in [-0.25, -0.2) is 8.42 Å². The number of carbonyl (C=O) groups is 1. The third-order valence-corrected chi connectivity index (χ3v) is 6.95. The highest BCUT2D eigenvalue weighted by Crippen LogP contribution is 2.23. The van der Waals surface area contributed by atoms with E-state index in [0.29, 0.717) is 36.7 Å². The Morgan fingerprint density at radius 3 is 2.32 bits per heavy atom. The lowest BCUT2D eigenvalue weighted by molar-refractivity contribution is 0.0941. The van der Waals surface area contributed by atoms with Gasteiger partial charge in [-0.05, 0) is 48.6 Å². The van der Waals surface area contributed by atoms with Crippen LogP contribution in [-0.4, -0.2) is 45.4 Å². The predicted molar refractivity (Wildman–Crippen MR) is 107 cm³/mol. The molecule has 0 atom stereocenters. The first kappa shape index (κ1) is 20.5. The van der Waals surface area contributed by atoms with E-state index in [1.807, 2.05) is 12.1 Å². The molecule has 1 saturated heterocycles. The van der Waals surface area contributed by atoms with Gasteiger partial charge in [-0.2, -0.15) is 4.31 Å². The van der Waals surface area contributed by atoms with Crippen molar-refractivity contribution >= 4 is 15.9 Å². The van der Waals surface area contributed by atoms with Gasteiger partial charge in [-0.1, -0.05) is 30.3 Å². The van der Waals surface area contributed by atoms with Crippen molar-refractivity contribution in [1.29, 1.82) is 0 Å². The summed E-state index contributed by atoms with van der Waals surface area (Å²) in [7, 11) is -1.80. The van der Waals surface area contributed by atoms with Crippen LogP contribution >= 0.6 is 0 Å². The molecule has 3 rings (SSSR count). The van der Waals surface area contributed by atoms with Crippen molar-refractivity contribution in [3.05, 3.63) is 65.7 Å². The van der Waals surface area contributed by atoms with Crippen LogP contribution in [0.3, 0.4) is 0 Å². The summed E-state index contributed by atoms with van der Waals surface area (Å²) in [4.78, 5) is 12.6. The summed E-state index contributed by atoms with van der Waals surface area (Å²) in [6.45, 7) is 2.03. The smallest absolute Gasteiger partial charge is 0.251 e. The van der Waals surface area contributed by atoms with E-state index in [9.17, 15) is 13.2 Å². The van der Waals surface area contributed by atoms with Gasteiger partial charge >= 0.3 is 0 Å². The Labute approximate surface area is 166 Å². The number of nitrogens with zero attached hydrogens (tertiary/aromatic N) is 1. The Morgan fingerprint density at radius 2 is 1.71 bits per heavy atom. The summed E-state index contributed by atoms with van der Waals surface area (Å²) in [5.74, 6) is 0.169. The first-order valence-electron chi connectivity index (χ1n) is 9.42. The van der Waals surface area contributed by atoms with Gasteiger partial charge in [0.15, 0.2) is 0 Å². The summed E-state index contributed by atoms with van der Waals surface area (Å²) < 4.78 is 31.9. The molecule has 1 aliphatic heterocycles. The maximum Gasteiger partial charge on any atom is 0.251 e. The lowest BCUT2D eigenvalue weighted by Crippen LogP contribution is -2.41. The highest BCUT2D eigenvalue weighted by molar-refractivity contribution is 7.89. The minimum Gasteiger partial charge on any atom is -0.380 e. The molecular weight excluding hydrogens is 376 g/mol. The minimum atomic E-state index is -3.43. The minimum absolute atomic E-state index is 0.108. The van der Waals surface area contributed by atoms with Gasteiger partial charge in [0, 0.05) is 32.3 Å². The fraction of sp³-hybridized carbons (Fsp3) is 0.381. The molecule has 1 amide bonds.